The minimum Gasteiger partial charge on any atom is -0.350 e. The smallest absolute Gasteiger partial charge is 0.220 e. The van der Waals surface area contributed by atoms with Crippen molar-refractivity contribution < 1.29 is 4.79 Å². The fourth-order valence-electron chi connectivity index (χ4n) is 1.95. The number of aromatic nitrogens is 1. The minimum absolute atomic E-state index is 0.0812. The van der Waals surface area contributed by atoms with Gasteiger partial charge in [-0.05, 0) is 30.0 Å². The number of carbonyl (C=O) groups is 1. The molecular formula is C15H14N2OS2. The summed E-state index contributed by atoms with van der Waals surface area (Å²) in [5, 5.41) is 5.93. The largest absolute Gasteiger partial charge is 0.350 e. The Hall–Kier alpha value is -1.72. The zero-order chi connectivity index (χ0) is 13.8. The number of carbonyl (C=O) groups excluding carboxylic acids is 1. The van der Waals surface area contributed by atoms with Crippen molar-refractivity contribution in [2.75, 3.05) is 0 Å². The zero-order valence-electron chi connectivity index (χ0n) is 10.8. The summed E-state index contributed by atoms with van der Waals surface area (Å²) in [5.74, 6) is 0.0812. The third-order valence-electron chi connectivity index (χ3n) is 2.95. The van der Waals surface area contributed by atoms with Gasteiger partial charge in [0.15, 0.2) is 0 Å². The van der Waals surface area contributed by atoms with Crippen molar-refractivity contribution in [2.45, 2.75) is 19.4 Å². The number of rotatable bonds is 5. The topological polar surface area (TPSA) is 42.0 Å². The van der Waals surface area contributed by atoms with Gasteiger partial charge in [0.2, 0.25) is 5.91 Å². The number of amides is 1. The Bertz CT molecular complexity index is 671. The predicted molar refractivity (Wildman–Crippen MR) is 84.1 cm³/mol. The first kappa shape index (κ1) is 13.3. The van der Waals surface area contributed by atoms with Gasteiger partial charge in [-0.2, -0.15) is 0 Å². The maximum absolute atomic E-state index is 11.8. The average Bonchev–Trinajstić information content (AvgIpc) is 3.11. The quantitative estimate of drug-likeness (QED) is 0.782. The Kier molecular flexibility index (Phi) is 4.08. The molecule has 0 fully saturated rings. The third kappa shape index (κ3) is 3.23. The van der Waals surface area contributed by atoms with Crippen molar-refractivity contribution in [3.8, 4) is 0 Å². The molecule has 5 heteroatoms. The van der Waals surface area contributed by atoms with Crippen molar-refractivity contribution in [3.05, 3.63) is 51.7 Å². The number of nitrogens with one attached hydrogen (secondary N) is 1. The number of aryl methyl sites for hydroxylation is 1. The van der Waals surface area contributed by atoms with Gasteiger partial charge in [-0.1, -0.05) is 18.2 Å². The van der Waals surface area contributed by atoms with Gasteiger partial charge in [-0.3, -0.25) is 4.79 Å². The van der Waals surface area contributed by atoms with Gasteiger partial charge in [0.1, 0.15) is 5.01 Å². The van der Waals surface area contributed by atoms with E-state index in [0.717, 1.165) is 21.6 Å². The van der Waals surface area contributed by atoms with E-state index in [0.29, 0.717) is 13.0 Å². The van der Waals surface area contributed by atoms with E-state index in [-0.39, 0.29) is 5.91 Å². The summed E-state index contributed by atoms with van der Waals surface area (Å²) in [7, 11) is 0. The molecule has 1 amide bonds. The molecule has 3 rings (SSSR count). The summed E-state index contributed by atoms with van der Waals surface area (Å²) in [4.78, 5) is 17.5. The normalized spacial score (nSPS) is 10.8. The van der Waals surface area contributed by atoms with Crippen molar-refractivity contribution in [1.82, 2.24) is 10.3 Å². The number of thiazole rings is 1. The van der Waals surface area contributed by atoms with Gasteiger partial charge >= 0.3 is 0 Å². The summed E-state index contributed by atoms with van der Waals surface area (Å²) in [6.07, 6.45) is 1.34. The van der Waals surface area contributed by atoms with Crippen LogP contribution in [0.5, 0.6) is 0 Å². The number of fused-ring (bicyclic) bond motifs is 1. The van der Waals surface area contributed by atoms with E-state index in [4.69, 9.17) is 0 Å². The van der Waals surface area contributed by atoms with Crippen molar-refractivity contribution in [1.29, 1.82) is 0 Å². The number of hydrogen-bond donors (Lipinski definition) is 1. The summed E-state index contributed by atoms with van der Waals surface area (Å²) >= 11 is 3.32. The molecule has 0 atom stereocenters. The molecular weight excluding hydrogens is 288 g/mol. The van der Waals surface area contributed by atoms with Crippen LogP contribution in [0.4, 0.5) is 0 Å². The van der Waals surface area contributed by atoms with E-state index in [2.05, 4.69) is 22.4 Å². The summed E-state index contributed by atoms with van der Waals surface area (Å²) in [5.41, 5.74) is 1.00. The Morgan fingerprint density at radius 1 is 1.20 bits per heavy atom. The molecule has 0 aliphatic heterocycles. The van der Waals surface area contributed by atoms with Crippen molar-refractivity contribution >= 4 is 38.8 Å². The predicted octanol–water partition coefficient (Wildman–Crippen LogP) is 3.61. The monoisotopic (exact) mass is 302 g/mol. The maximum atomic E-state index is 11.8. The first-order valence-corrected chi connectivity index (χ1v) is 8.14. The molecule has 3 aromatic rings. The van der Waals surface area contributed by atoms with E-state index < -0.39 is 0 Å². The SMILES string of the molecule is O=C(CCc1cccs1)NCc1nc2ccccc2s1. The molecule has 0 unspecified atom stereocenters. The Morgan fingerprint density at radius 2 is 2.10 bits per heavy atom. The molecule has 0 spiro atoms. The van der Waals surface area contributed by atoms with Gasteiger partial charge in [0.25, 0.3) is 0 Å². The molecule has 1 aromatic carbocycles. The standard InChI is InChI=1S/C15H14N2OS2/c18-14(8-7-11-4-3-9-19-11)16-10-15-17-12-5-1-2-6-13(12)20-15/h1-6,9H,7-8,10H2,(H,16,18). The van der Waals surface area contributed by atoms with E-state index in [1.54, 1.807) is 22.7 Å². The number of hydrogen-bond acceptors (Lipinski definition) is 4. The van der Waals surface area contributed by atoms with Gasteiger partial charge in [0, 0.05) is 11.3 Å². The lowest BCUT2D eigenvalue weighted by Gasteiger charge is -2.01. The third-order valence-corrected chi connectivity index (χ3v) is 4.93. The molecule has 0 aliphatic rings. The fourth-order valence-corrected chi connectivity index (χ4v) is 3.57. The average molecular weight is 302 g/mol. The van der Waals surface area contributed by atoms with Crippen LogP contribution in [0, 0.1) is 0 Å². The lowest BCUT2D eigenvalue weighted by atomic mass is 10.2. The lowest BCUT2D eigenvalue weighted by Crippen LogP contribution is -2.22. The highest BCUT2D eigenvalue weighted by atomic mass is 32.1. The van der Waals surface area contributed by atoms with Crippen LogP contribution in [-0.4, -0.2) is 10.9 Å². The molecule has 0 aliphatic carbocycles. The highest BCUT2D eigenvalue weighted by molar-refractivity contribution is 7.18. The van der Waals surface area contributed by atoms with Gasteiger partial charge < -0.3 is 5.32 Å². The van der Waals surface area contributed by atoms with Gasteiger partial charge in [-0.25, -0.2) is 4.98 Å². The molecule has 102 valence electrons. The Balaban J connectivity index is 1.52. The maximum Gasteiger partial charge on any atom is 0.220 e. The van der Waals surface area contributed by atoms with Crippen LogP contribution in [0.25, 0.3) is 10.2 Å². The molecule has 2 heterocycles. The molecule has 0 radical (unpaired) electrons. The summed E-state index contributed by atoms with van der Waals surface area (Å²) < 4.78 is 1.16. The van der Waals surface area contributed by atoms with E-state index >= 15 is 0 Å². The van der Waals surface area contributed by atoms with Crippen molar-refractivity contribution in [3.63, 3.8) is 0 Å². The fraction of sp³-hybridized carbons (Fsp3) is 0.200. The first-order valence-electron chi connectivity index (χ1n) is 6.45. The number of benzene rings is 1. The van der Waals surface area contributed by atoms with E-state index in [1.807, 2.05) is 29.6 Å². The molecule has 3 nitrogen and oxygen atoms in total. The molecule has 0 saturated heterocycles. The number of para-hydroxylation sites is 1. The van der Waals surface area contributed by atoms with Crippen LogP contribution in [0.2, 0.25) is 0 Å². The summed E-state index contributed by atoms with van der Waals surface area (Å²) in [6.45, 7) is 0.516. The van der Waals surface area contributed by atoms with Gasteiger partial charge in [-0.15, -0.1) is 22.7 Å². The van der Waals surface area contributed by atoms with Crippen molar-refractivity contribution in [2.24, 2.45) is 0 Å². The van der Waals surface area contributed by atoms with E-state index in [1.165, 1.54) is 4.88 Å². The second-order valence-corrected chi connectivity index (χ2v) is 6.58. The second-order valence-electron chi connectivity index (χ2n) is 4.43. The molecule has 2 aromatic heterocycles. The van der Waals surface area contributed by atoms with Crippen LogP contribution in [0.3, 0.4) is 0 Å². The molecule has 1 N–H and O–H groups in total. The molecule has 0 saturated carbocycles. The van der Waals surface area contributed by atoms with Crippen LogP contribution in [0.1, 0.15) is 16.3 Å². The molecule has 0 bridgehead atoms. The highest BCUT2D eigenvalue weighted by Gasteiger charge is 2.06. The lowest BCUT2D eigenvalue weighted by molar-refractivity contribution is -0.121. The minimum atomic E-state index is 0.0812. The van der Waals surface area contributed by atoms with Gasteiger partial charge in [0.05, 0.1) is 16.8 Å². The zero-order valence-corrected chi connectivity index (χ0v) is 12.5. The van der Waals surface area contributed by atoms with Crippen LogP contribution < -0.4 is 5.32 Å². The van der Waals surface area contributed by atoms with Crippen LogP contribution in [0.15, 0.2) is 41.8 Å². The van der Waals surface area contributed by atoms with Crippen LogP contribution in [-0.2, 0) is 17.8 Å². The van der Waals surface area contributed by atoms with E-state index in [9.17, 15) is 4.79 Å². The second kappa shape index (κ2) is 6.15. The Labute approximate surface area is 125 Å². The summed E-state index contributed by atoms with van der Waals surface area (Å²) in [6, 6.07) is 12.1. The number of nitrogens with zero attached hydrogens (tertiary/aromatic N) is 1. The highest BCUT2D eigenvalue weighted by Crippen LogP contribution is 2.21. The first-order chi connectivity index (χ1) is 9.81. The number of thiophene rings is 1. The molecule has 20 heavy (non-hydrogen) atoms. The van der Waals surface area contributed by atoms with Crippen LogP contribution >= 0.6 is 22.7 Å². The Morgan fingerprint density at radius 3 is 2.90 bits per heavy atom.